The lowest BCUT2D eigenvalue weighted by Gasteiger charge is -2.08. The Morgan fingerprint density at radius 1 is 1.06 bits per heavy atom. The van der Waals surface area contributed by atoms with Crippen LogP contribution in [0.5, 0.6) is 11.5 Å². The predicted octanol–water partition coefficient (Wildman–Crippen LogP) is 4.12. The molecule has 0 aliphatic carbocycles. The van der Waals surface area contributed by atoms with Crippen molar-refractivity contribution in [3.63, 3.8) is 0 Å². The molecule has 0 bridgehead atoms. The molecule has 1 saturated heterocycles. The average Bonchev–Trinajstić information content (AvgIpc) is 3.36. The highest BCUT2D eigenvalue weighted by molar-refractivity contribution is 5.75. The molecule has 4 N–H and O–H groups in total. The highest BCUT2D eigenvalue weighted by atomic mass is 16.5. The number of rotatable bonds is 10. The van der Waals surface area contributed by atoms with Crippen LogP contribution in [0.1, 0.15) is 63.5 Å². The van der Waals surface area contributed by atoms with Gasteiger partial charge in [0.15, 0.2) is 0 Å². The molecule has 36 heavy (non-hydrogen) atoms. The minimum absolute atomic E-state index is 0.0293. The molecule has 0 aromatic heterocycles. The standard InChI is InChI=1S/C14H21NO3.C8H11NO.C6H10O2/c1-3-12(16)6-9-14(17)15-10-11-4-7-13(18-2)8-5-11;1-10-8-4-2-7(6-9)3-5-8;1-2-5-3-4-6(7)8-5/h4-5,7-8,12,16H,3,6,9-10H2,1-2H3,(H,15,17);2-5H,6,9H2,1H3;5H,2-4H2,1H3. The number of carbonyl (C=O) groups is 2. The van der Waals surface area contributed by atoms with Gasteiger partial charge >= 0.3 is 5.97 Å². The van der Waals surface area contributed by atoms with Crippen LogP contribution in [-0.4, -0.2) is 43.4 Å². The third-order valence-electron chi connectivity index (χ3n) is 5.64. The lowest BCUT2D eigenvalue weighted by atomic mass is 10.1. The molecule has 0 radical (unpaired) electrons. The number of ether oxygens (including phenoxy) is 3. The van der Waals surface area contributed by atoms with Crippen molar-refractivity contribution in [1.29, 1.82) is 0 Å². The Balaban J connectivity index is 0.000000301. The van der Waals surface area contributed by atoms with E-state index in [1.54, 1.807) is 14.2 Å². The molecule has 1 amide bonds. The Morgan fingerprint density at radius 3 is 2.00 bits per heavy atom. The quantitative estimate of drug-likeness (QED) is 0.418. The highest BCUT2D eigenvalue weighted by Gasteiger charge is 2.20. The minimum Gasteiger partial charge on any atom is -0.497 e. The summed E-state index contributed by atoms with van der Waals surface area (Å²) in [6.07, 6.45) is 3.93. The second-order valence-electron chi connectivity index (χ2n) is 8.34. The molecular weight excluding hydrogens is 460 g/mol. The summed E-state index contributed by atoms with van der Waals surface area (Å²) in [4.78, 5) is 21.9. The van der Waals surface area contributed by atoms with Crippen molar-refractivity contribution in [2.45, 2.75) is 77.7 Å². The molecule has 2 atom stereocenters. The van der Waals surface area contributed by atoms with E-state index in [0.717, 1.165) is 35.5 Å². The first kappa shape index (κ1) is 30.9. The fourth-order valence-electron chi connectivity index (χ4n) is 3.17. The number of methoxy groups -OCH3 is 2. The lowest BCUT2D eigenvalue weighted by Crippen LogP contribution is -2.23. The first-order chi connectivity index (χ1) is 17.3. The van der Waals surface area contributed by atoms with Gasteiger partial charge in [-0.2, -0.15) is 0 Å². The van der Waals surface area contributed by atoms with E-state index in [9.17, 15) is 14.7 Å². The van der Waals surface area contributed by atoms with Gasteiger partial charge in [-0.3, -0.25) is 9.59 Å². The predicted molar refractivity (Wildman–Crippen MR) is 141 cm³/mol. The summed E-state index contributed by atoms with van der Waals surface area (Å²) in [7, 11) is 3.27. The van der Waals surface area contributed by atoms with Crippen molar-refractivity contribution in [3.8, 4) is 11.5 Å². The van der Waals surface area contributed by atoms with Crippen molar-refractivity contribution in [2.75, 3.05) is 14.2 Å². The van der Waals surface area contributed by atoms with Crippen molar-refractivity contribution in [3.05, 3.63) is 59.7 Å². The molecule has 1 heterocycles. The molecule has 1 fully saturated rings. The summed E-state index contributed by atoms with van der Waals surface area (Å²) in [5.74, 6) is 1.61. The molecule has 200 valence electrons. The van der Waals surface area contributed by atoms with E-state index in [1.807, 2.05) is 62.4 Å². The molecule has 1 aliphatic heterocycles. The zero-order valence-corrected chi connectivity index (χ0v) is 22.0. The third-order valence-corrected chi connectivity index (χ3v) is 5.64. The molecule has 0 saturated carbocycles. The fraction of sp³-hybridized carbons (Fsp3) is 0.500. The van der Waals surface area contributed by atoms with E-state index in [1.165, 1.54) is 0 Å². The van der Waals surface area contributed by atoms with Crippen LogP contribution in [0.3, 0.4) is 0 Å². The summed E-state index contributed by atoms with van der Waals surface area (Å²) >= 11 is 0. The Bertz CT molecular complexity index is 848. The SMILES string of the molecule is CCC(O)CCC(=O)NCc1ccc(OC)cc1.CCC1CCC(=O)O1.COc1ccc(CN)cc1. The lowest BCUT2D eigenvalue weighted by molar-refractivity contribution is -0.141. The number of nitrogens with two attached hydrogens (primary N) is 1. The Labute approximate surface area is 215 Å². The maximum absolute atomic E-state index is 11.5. The summed E-state index contributed by atoms with van der Waals surface area (Å²) < 4.78 is 14.9. The summed E-state index contributed by atoms with van der Waals surface area (Å²) in [6, 6.07) is 15.3. The third kappa shape index (κ3) is 13.1. The van der Waals surface area contributed by atoms with Crippen molar-refractivity contribution in [1.82, 2.24) is 5.32 Å². The highest BCUT2D eigenvalue weighted by Crippen LogP contribution is 2.15. The molecule has 0 spiro atoms. The molecule has 2 unspecified atom stereocenters. The molecule has 8 heteroatoms. The molecule has 3 rings (SSSR count). The van der Waals surface area contributed by atoms with Crippen molar-refractivity contribution < 1.29 is 28.9 Å². The van der Waals surface area contributed by atoms with E-state index in [4.69, 9.17) is 19.9 Å². The monoisotopic (exact) mass is 502 g/mol. The van der Waals surface area contributed by atoms with E-state index in [-0.39, 0.29) is 24.1 Å². The smallest absolute Gasteiger partial charge is 0.306 e. The van der Waals surface area contributed by atoms with Gasteiger partial charge in [-0.15, -0.1) is 0 Å². The van der Waals surface area contributed by atoms with Crippen LogP contribution in [-0.2, 0) is 27.4 Å². The van der Waals surface area contributed by atoms with Crippen LogP contribution >= 0.6 is 0 Å². The summed E-state index contributed by atoms with van der Waals surface area (Å²) in [5, 5.41) is 12.2. The number of esters is 1. The van der Waals surface area contributed by atoms with Crippen LogP contribution in [0.2, 0.25) is 0 Å². The Kier molecular flexibility index (Phi) is 15.6. The zero-order chi connectivity index (χ0) is 26.8. The largest absolute Gasteiger partial charge is 0.497 e. The number of benzene rings is 2. The number of hydrogen-bond donors (Lipinski definition) is 3. The first-order valence-corrected chi connectivity index (χ1v) is 12.4. The average molecular weight is 503 g/mol. The molecule has 2 aromatic carbocycles. The van der Waals surface area contributed by atoms with Gasteiger partial charge in [0.1, 0.15) is 17.6 Å². The van der Waals surface area contributed by atoms with Crippen LogP contribution in [0, 0.1) is 0 Å². The van der Waals surface area contributed by atoms with Gasteiger partial charge in [0.05, 0.1) is 20.3 Å². The van der Waals surface area contributed by atoms with E-state index in [2.05, 4.69) is 5.32 Å². The van der Waals surface area contributed by atoms with Crippen molar-refractivity contribution in [2.24, 2.45) is 5.73 Å². The molecule has 2 aromatic rings. The van der Waals surface area contributed by atoms with Crippen LogP contribution in [0.25, 0.3) is 0 Å². The topological polar surface area (TPSA) is 120 Å². The minimum atomic E-state index is -0.378. The number of hydrogen-bond acceptors (Lipinski definition) is 7. The summed E-state index contributed by atoms with van der Waals surface area (Å²) in [5.41, 5.74) is 7.55. The number of aliphatic hydroxyl groups excluding tert-OH is 1. The van der Waals surface area contributed by atoms with Crippen LogP contribution in [0.4, 0.5) is 0 Å². The number of nitrogens with one attached hydrogen (secondary N) is 1. The van der Waals surface area contributed by atoms with Crippen LogP contribution in [0.15, 0.2) is 48.5 Å². The van der Waals surface area contributed by atoms with Gasteiger partial charge in [0.2, 0.25) is 5.91 Å². The Hall–Kier alpha value is -3.10. The van der Waals surface area contributed by atoms with Gasteiger partial charge in [0.25, 0.3) is 0 Å². The first-order valence-electron chi connectivity index (χ1n) is 12.4. The number of aliphatic hydroxyl groups is 1. The molecular formula is C28H42N2O6. The van der Waals surface area contributed by atoms with E-state index >= 15 is 0 Å². The van der Waals surface area contributed by atoms with E-state index < -0.39 is 0 Å². The van der Waals surface area contributed by atoms with Gasteiger partial charge in [-0.25, -0.2) is 0 Å². The molecule has 1 aliphatic rings. The second kappa shape index (κ2) is 18.2. The van der Waals surface area contributed by atoms with Gasteiger partial charge < -0.3 is 30.4 Å². The maximum atomic E-state index is 11.5. The summed E-state index contributed by atoms with van der Waals surface area (Å²) in [6.45, 7) is 5.03. The Morgan fingerprint density at radius 2 is 1.61 bits per heavy atom. The van der Waals surface area contributed by atoms with Crippen molar-refractivity contribution >= 4 is 11.9 Å². The van der Waals surface area contributed by atoms with E-state index in [0.29, 0.717) is 38.8 Å². The number of carbonyl (C=O) groups excluding carboxylic acids is 2. The number of cyclic esters (lactones) is 1. The van der Waals surface area contributed by atoms with Crippen LogP contribution < -0.4 is 20.5 Å². The maximum Gasteiger partial charge on any atom is 0.306 e. The second-order valence-corrected chi connectivity index (χ2v) is 8.34. The number of amides is 1. The van der Waals surface area contributed by atoms with Gasteiger partial charge in [0, 0.05) is 25.9 Å². The van der Waals surface area contributed by atoms with Gasteiger partial charge in [-0.1, -0.05) is 38.1 Å². The fourth-order valence-corrected chi connectivity index (χ4v) is 3.17. The van der Waals surface area contributed by atoms with Gasteiger partial charge in [-0.05, 0) is 61.1 Å². The zero-order valence-electron chi connectivity index (χ0n) is 22.0. The molecule has 8 nitrogen and oxygen atoms in total. The normalized spacial score (nSPS) is 14.8.